The number of benzene rings is 1. The molecule has 0 radical (unpaired) electrons. The molecule has 12 heavy (non-hydrogen) atoms. The van der Waals surface area contributed by atoms with Crippen molar-refractivity contribution in [3.8, 4) is 0 Å². The predicted molar refractivity (Wildman–Crippen MR) is 51.7 cm³/mol. The molecule has 1 nitrogen and oxygen atoms in total. The van der Waals surface area contributed by atoms with E-state index in [1.807, 2.05) is 18.2 Å². The molecule has 0 aromatic heterocycles. The zero-order valence-electron chi connectivity index (χ0n) is 7.05. The fourth-order valence-electron chi connectivity index (χ4n) is 1.63. The Kier molecular flexibility index (Phi) is 2.07. The Morgan fingerprint density at radius 1 is 1.42 bits per heavy atom. The first-order valence-corrected chi connectivity index (χ1v) is 4.64. The highest BCUT2D eigenvalue weighted by atomic mass is 35.5. The minimum Gasteiger partial charge on any atom is -0.313 e. The lowest BCUT2D eigenvalue weighted by Gasteiger charge is -2.36. The van der Waals surface area contributed by atoms with Gasteiger partial charge in [-0.1, -0.05) is 29.8 Å². The van der Waals surface area contributed by atoms with Crippen LogP contribution in [-0.4, -0.2) is 12.6 Å². The summed E-state index contributed by atoms with van der Waals surface area (Å²) in [6.07, 6.45) is 0. The smallest absolute Gasteiger partial charge is 0.0441 e. The molecule has 0 saturated carbocycles. The summed E-state index contributed by atoms with van der Waals surface area (Å²) in [5, 5.41) is 4.22. The highest BCUT2D eigenvalue weighted by Crippen LogP contribution is 2.30. The quantitative estimate of drug-likeness (QED) is 0.702. The molecule has 2 rings (SSSR count). The van der Waals surface area contributed by atoms with Gasteiger partial charge in [0.25, 0.3) is 0 Å². The molecule has 1 heterocycles. The molecule has 1 saturated heterocycles. The van der Waals surface area contributed by atoms with E-state index >= 15 is 0 Å². The largest absolute Gasteiger partial charge is 0.313 e. The zero-order valence-corrected chi connectivity index (χ0v) is 7.81. The molecule has 0 spiro atoms. The van der Waals surface area contributed by atoms with E-state index in [0.29, 0.717) is 12.0 Å². The van der Waals surface area contributed by atoms with Gasteiger partial charge in [0.05, 0.1) is 0 Å². The number of hydrogen-bond acceptors (Lipinski definition) is 1. The first kappa shape index (κ1) is 8.09. The Hall–Kier alpha value is -0.530. The Bertz CT molecular complexity index is 285. The fourth-order valence-corrected chi connectivity index (χ4v) is 1.90. The molecular formula is C10H12ClN. The van der Waals surface area contributed by atoms with Gasteiger partial charge in [0, 0.05) is 23.5 Å². The molecule has 1 aliphatic heterocycles. The van der Waals surface area contributed by atoms with E-state index in [1.165, 1.54) is 5.56 Å². The highest BCUT2D eigenvalue weighted by molar-refractivity contribution is 6.31. The Balaban J connectivity index is 2.27. The lowest BCUT2D eigenvalue weighted by Crippen LogP contribution is -2.48. The second kappa shape index (κ2) is 3.08. The number of halogens is 1. The molecule has 1 fully saturated rings. The van der Waals surface area contributed by atoms with Crippen LogP contribution in [0.15, 0.2) is 24.3 Å². The van der Waals surface area contributed by atoms with E-state index in [-0.39, 0.29) is 0 Å². The first-order valence-electron chi connectivity index (χ1n) is 4.27. The van der Waals surface area contributed by atoms with Crippen molar-refractivity contribution in [3.63, 3.8) is 0 Å². The predicted octanol–water partition coefficient (Wildman–Crippen LogP) is 2.42. The molecule has 0 amide bonds. The summed E-state index contributed by atoms with van der Waals surface area (Å²) in [5.74, 6) is 0.610. The zero-order chi connectivity index (χ0) is 8.55. The summed E-state index contributed by atoms with van der Waals surface area (Å²) in [7, 11) is 0. The molecular weight excluding hydrogens is 170 g/mol. The average Bonchev–Trinajstić information content (AvgIpc) is 2.06. The summed E-state index contributed by atoms with van der Waals surface area (Å²) in [6.45, 7) is 3.25. The summed E-state index contributed by atoms with van der Waals surface area (Å²) in [4.78, 5) is 0. The maximum Gasteiger partial charge on any atom is 0.0441 e. The first-order chi connectivity index (χ1) is 5.79. The van der Waals surface area contributed by atoms with E-state index in [4.69, 9.17) is 11.6 Å². The molecule has 64 valence electrons. The Labute approximate surface area is 77.7 Å². The van der Waals surface area contributed by atoms with E-state index in [0.717, 1.165) is 11.6 Å². The van der Waals surface area contributed by atoms with Crippen LogP contribution >= 0.6 is 11.6 Å². The SMILES string of the molecule is CC1NCC1c1ccccc1Cl. The highest BCUT2D eigenvalue weighted by Gasteiger charge is 2.28. The van der Waals surface area contributed by atoms with Crippen molar-refractivity contribution in [2.24, 2.45) is 0 Å². The molecule has 2 atom stereocenters. The average molecular weight is 182 g/mol. The van der Waals surface area contributed by atoms with Crippen molar-refractivity contribution >= 4 is 11.6 Å². The molecule has 2 heteroatoms. The van der Waals surface area contributed by atoms with Gasteiger partial charge in [-0.05, 0) is 18.6 Å². The summed E-state index contributed by atoms with van der Waals surface area (Å²) >= 11 is 6.07. The minimum atomic E-state index is 0.574. The second-order valence-corrected chi connectivity index (χ2v) is 3.73. The third kappa shape index (κ3) is 1.23. The number of rotatable bonds is 1. The third-order valence-corrected chi connectivity index (χ3v) is 2.91. The van der Waals surface area contributed by atoms with Crippen LogP contribution in [-0.2, 0) is 0 Å². The summed E-state index contributed by atoms with van der Waals surface area (Å²) in [5.41, 5.74) is 1.28. The van der Waals surface area contributed by atoms with Crippen molar-refractivity contribution in [2.75, 3.05) is 6.54 Å². The second-order valence-electron chi connectivity index (χ2n) is 3.32. The van der Waals surface area contributed by atoms with Crippen LogP contribution < -0.4 is 5.32 Å². The lowest BCUT2D eigenvalue weighted by molar-refractivity contribution is 0.334. The van der Waals surface area contributed by atoms with E-state index in [1.54, 1.807) is 0 Å². The van der Waals surface area contributed by atoms with E-state index in [9.17, 15) is 0 Å². The van der Waals surface area contributed by atoms with Gasteiger partial charge in [-0.15, -0.1) is 0 Å². The summed E-state index contributed by atoms with van der Waals surface area (Å²) < 4.78 is 0. The third-order valence-electron chi connectivity index (χ3n) is 2.57. The van der Waals surface area contributed by atoms with Gasteiger partial charge in [-0.2, -0.15) is 0 Å². The van der Waals surface area contributed by atoms with Crippen LogP contribution in [0.25, 0.3) is 0 Å². The Morgan fingerprint density at radius 2 is 2.17 bits per heavy atom. The molecule has 0 aliphatic carbocycles. The topological polar surface area (TPSA) is 12.0 Å². The van der Waals surface area contributed by atoms with Crippen LogP contribution in [0, 0.1) is 0 Å². The fraction of sp³-hybridized carbons (Fsp3) is 0.400. The number of nitrogens with one attached hydrogen (secondary N) is 1. The van der Waals surface area contributed by atoms with Gasteiger partial charge < -0.3 is 5.32 Å². The van der Waals surface area contributed by atoms with Crippen LogP contribution in [0.2, 0.25) is 5.02 Å². The number of hydrogen-bond donors (Lipinski definition) is 1. The van der Waals surface area contributed by atoms with Gasteiger partial charge >= 0.3 is 0 Å². The minimum absolute atomic E-state index is 0.574. The maximum absolute atomic E-state index is 6.07. The van der Waals surface area contributed by atoms with Crippen LogP contribution in [0.1, 0.15) is 18.4 Å². The molecule has 2 unspecified atom stereocenters. The molecule has 1 aliphatic rings. The summed E-state index contributed by atoms with van der Waals surface area (Å²) in [6, 6.07) is 8.67. The van der Waals surface area contributed by atoms with Gasteiger partial charge in [-0.3, -0.25) is 0 Å². The standard InChI is InChI=1S/C10H12ClN/c1-7-9(6-12-7)8-4-2-3-5-10(8)11/h2-5,7,9,12H,6H2,1H3. The molecule has 1 aromatic rings. The van der Waals surface area contributed by atoms with Gasteiger partial charge in [0.2, 0.25) is 0 Å². The molecule has 1 aromatic carbocycles. The van der Waals surface area contributed by atoms with Gasteiger partial charge in [-0.25, -0.2) is 0 Å². The van der Waals surface area contributed by atoms with Crippen molar-refractivity contribution in [2.45, 2.75) is 18.9 Å². The van der Waals surface area contributed by atoms with Crippen LogP contribution in [0.3, 0.4) is 0 Å². The molecule has 1 N–H and O–H groups in total. The van der Waals surface area contributed by atoms with Crippen molar-refractivity contribution in [3.05, 3.63) is 34.9 Å². The van der Waals surface area contributed by atoms with Crippen molar-refractivity contribution in [1.82, 2.24) is 5.32 Å². The monoisotopic (exact) mass is 181 g/mol. The van der Waals surface area contributed by atoms with Crippen LogP contribution in [0.4, 0.5) is 0 Å². The normalized spacial score (nSPS) is 28.2. The van der Waals surface area contributed by atoms with Gasteiger partial charge in [0.15, 0.2) is 0 Å². The van der Waals surface area contributed by atoms with Gasteiger partial charge in [0.1, 0.15) is 0 Å². The van der Waals surface area contributed by atoms with Crippen LogP contribution in [0.5, 0.6) is 0 Å². The molecule has 0 bridgehead atoms. The van der Waals surface area contributed by atoms with Crippen molar-refractivity contribution in [1.29, 1.82) is 0 Å². The lowest BCUT2D eigenvalue weighted by atomic mass is 9.86. The Morgan fingerprint density at radius 3 is 2.67 bits per heavy atom. The van der Waals surface area contributed by atoms with E-state index in [2.05, 4.69) is 18.3 Å². The van der Waals surface area contributed by atoms with Crippen molar-refractivity contribution < 1.29 is 0 Å². The maximum atomic E-state index is 6.07. The van der Waals surface area contributed by atoms with E-state index < -0.39 is 0 Å².